The van der Waals surface area contributed by atoms with Crippen molar-refractivity contribution < 1.29 is 44.3 Å². The fourth-order valence-corrected chi connectivity index (χ4v) is 0.841. The first-order valence-corrected chi connectivity index (χ1v) is 3.43. The largest absolute Gasteiger partial charge is 1.00 e. The molecule has 1 rings (SSSR count). The predicted octanol–water partition coefficient (Wildman–Crippen LogP) is -2.74. The van der Waals surface area contributed by atoms with E-state index in [4.69, 9.17) is 0 Å². The summed E-state index contributed by atoms with van der Waals surface area (Å²) in [5, 5.41) is 10.3. The summed E-state index contributed by atoms with van der Waals surface area (Å²) in [4.78, 5) is 21.0. The zero-order valence-electron chi connectivity index (χ0n) is 7.53. The number of hydrogen-bond donors (Lipinski definition) is 0. The molecule has 0 aromatic heterocycles. The third-order valence-electron chi connectivity index (χ3n) is 1.53. The van der Waals surface area contributed by atoms with Crippen molar-refractivity contribution in [2.75, 3.05) is 0 Å². The molecular weight excluding hydrogens is 179 g/mol. The van der Waals surface area contributed by atoms with Crippen molar-refractivity contribution in [2.45, 2.75) is 6.92 Å². The van der Waals surface area contributed by atoms with Gasteiger partial charge in [0.1, 0.15) is 0 Å². The molecule has 0 saturated heterocycles. The summed E-state index contributed by atoms with van der Waals surface area (Å²) >= 11 is 0. The Balaban J connectivity index is 0.00000144. The molecule has 0 radical (unpaired) electrons. The van der Waals surface area contributed by atoms with Gasteiger partial charge in [-0.25, -0.2) is 0 Å². The molecule has 0 heterocycles. The van der Waals surface area contributed by atoms with Gasteiger partial charge in [-0.15, -0.1) is 0 Å². The molecule has 0 atom stereocenters. The number of carbonyl (C=O) groups excluding carboxylic acids is 2. The van der Waals surface area contributed by atoms with Gasteiger partial charge in [-0.2, -0.15) is 0 Å². The Bertz CT molecular complexity index is 283. The number of carboxylic acids is 1. The number of carboxylic acid groups (broad SMARTS) is 1. The smallest absolute Gasteiger partial charge is 0.545 e. The molecule has 0 aliphatic heterocycles. The molecule has 0 spiro atoms. The Hall–Kier alpha value is -0.640. The van der Waals surface area contributed by atoms with Crippen LogP contribution in [0.1, 0.15) is 27.6 Å². The van der Waals surface area contributed by atoms with Gasteiger partial charge in [0.05, 0.1) is 5.97 Å². The monoisotopic (exact) mass is 186 g/mol. The summed E-state index contributed by atoms with van der Waals surface area (Å²) in [5.41, 5.74) is 0.583. The molecule has 0 bridgehead atoms. The van der Waals surface area contributed by atoms with Crippen LogP contribution in [-0.2, 0) is 0 Å². The second-order valence-corrected chi connectivity index (χ2v) is 2.42. The standard InChI is InChI=1S/C9H8O3.Na/c1-6(10)7-2-4-8(5-3-7)9(11)12;/h2-5H,1H3,(H,11,12);/q;+1/p-1. The average Bonchev–Trinajstić information content (AvgIpc) is 2.04. The maximum absolute atomic E-state index is 10.8. The van der Waals surface area contributed by atoms with Crippen molar-refractivity contribution in [3.8, 4) is 0 Å². The van der Waals surface area contributed by atoms with E-state index in [1.54, 1.807) is 0 Å². The molecule has 1 aromatic carbocycles. The van der Waals surface area contributed by atoms with E-state index in [0.29, 0.717) is 5.56 Å². The van der Waals surface area contributed by atoms with Gasteiger partial charge < -0.3 is 9.90 Å². The van der Waals surface area contributed by atoms with E-state index in [-0.39, 0.29) is 40.9 Å². The van der Waals surface area contributed by atoms with Crippen LogP contribution in [0.15, 0.2) is 24.3 Å². The molecule has 4 heteroatoms. The van der Waals surface area contributed by atoms with E-state index in [2.05, 4.69) is 0 Å². The van der Waals surface area contributed by atoms with Gasteiger partial charge in [-0.05, 0) is 12.5 Å². The van der Waals surface area contributed by atoms with E-state index in [1.165, 1.54) is 31.2 Å². The Morgan fingerprint density at radius 2 is 1.46 bits per heavy atom. The summed E-state index contributed by atoms with van der Waals surface area (Å²) < 4.78 is 0. The molecule has 0 aliphatic rings. The molecule has 0 N–H and O–H groups in total. The summed E-state index contributed by atoms with van der Waals surface area (Å²) in [7, 11) is 0. The van der Waals surface area contributed by atoms with Gasteiger partial charge in [0, 0.05) is 5.56 Å². The van der Waals surface area contributed by atoms with Gasteiger partial charge in [0.15, 0.2) is 5.78 Å². The summed E-state index contributed by atoms with van der Waals surface area (Å²) in [6.07, 6.45) is 0. The van der Waals surface area contributed by atoms with Crippen LogP contribution in [0.5, 0.6) is 0 Å². The van der Waals surface area contributed by atoms with Crippen molar-refractivity contribution in [1.29, 1.82) is 0 Å². The van der Waals surface area contributed by atoms with Crippen molar-refractivity contribution in [3.63, 3.8) is 0 Å². The molecule has 0 aliphatic carbocycles. The quantitative estimate of drug-likeness (QED) is 0.372. The zero-order valence-corrected chi connectivity index (χ0v) is 9.53. The topological polar surface area (TPSA) is 57.2 Å². The van der Waals surface area contributed by atoms with Crippen LogP contribution in [-0.4, -0.2) is 11.8 Å². The minimum atomic E-state index is -1.23. The van der Waals surface area contributed by atoms with E-state index < -0.39 is 5.97 Å². The average molecular weight is 186 g/mol. The van der Waals surface area contributed by atoms with E-state index in [1.807, 2.05) is 0 Å². The second-order valence-electron chi connectivity index (χ2n) is 2.42. The fourth-order valence-electron chi connectivity index (χ4n) is 0.841. The zero-order chi connectivity index (χ0) is 9.14. The number of rotatable bonds is 2. The van der Waals surface area contributed by atoms with Gasteiger partial charge in [0.25, 0.3) is 0 Å². The van der Waals surface area contributed by atoms with E-state index in [9.17, 15) is 14.7 Å². The molecule has 3 nitrogen and oxygen atoms in total. The number of hydrogen-bond acceptors (Lipinski definition) is 3. The maximum Gasteiger partial charge on any atom is 1.00 e. The van der Waals surface area contributed by atoms with Crippen molar-refractivity contribution in [1.82, 2.24) is 0 Å². The number of Topliss-reactive ketones (excluding diaryl/α,β-unsaturated/α-hetero) is 1. The van der Waals surface area contributed by atoms with Gasteiger partial charge >= 0.3 is 29.6 Å². The van der Waals surface area contributed by atoms with E-state index in [0.717, 1.165) is 0 Å². The molecule has 1 aromatic rings. The maximum atomic E-state index is 10.8. The first-order valence-electron chi connectivity index (χ1n) is 3.43. The molecular formula is C9H7NaO3. The second kappa shape index (κ2) is 5.17. The van der Waals surface area contributed by atoms with Crippen LogP contribution >= 0.6 is 0 Å². The summed E-state index contributed by atoms with van der Waals surface area (Å²) in [5.74, 6) is -1.31. The molecule has 0 fully saturated rings. The first-order chi connectivity index (χ1) is 5.61. The van der Waals surface area contributed by atoms with Crippen LogP contribution in [0.3, 0.4) is 0 Å². The number of benzene rings is 1. The molecule has 0 unspecified atom stereocenters. The summed E-state index contributed by atoms with van der Waals surface area (Å²) in [6, 6.07) is 5.64. The number of aromatic carboxylic acids is 1. The molecule has 0 saturated carbocycles. The van der Waals surface area contributed by atoms with Crippen molar-refractivity contribution in [2.24, 2.45) is 0 Å². The molecule has 13 heavy (non-hydrogen) atoms. The Morgan fingerprint density at radius 3 is 1.77 bits per heavy atom. The van der Waals surface area contributed by atoms with Crippen molar-refractivity contribution >= 4 is 11.8 Å². The van der Waals surface area contributed by atoms with Crippen LogP contribution in [0.25, 0.3) is 0 Å². The number of ketones is 1. The minimum Gasteiger partial charge on any atom is -0.545 e. The Labute approximate surface area is 98.1 Å². The Kier molecular flexibility index (Phi) is 4.91. The van der Waals surface area contributed by atoms with Crippen LogP contribution in [0.2, 0.25) is 0 Å². The van der Waals surface area contributed by atoms with Crippen LogP contribution in [0, 0.1) is 0 Å². The van der Waals surface area contributed by atoms with Crippen LogP contribution < -0.4 is 34.7 Å². The Morgan fingerprint density at radius 1 is 1.08 bits per heavy atom. The van der Waals surface area contributed by atoms with Crippen LogP contribution in [0.4, 0.5) is 0 Å². The number of carbonyl (C=O) groups is 2. The van der Waals surface area contributed by atoms with Gasteiger partial charge in [0.2, 0.25) is 0 Å². The van der Waals surface area contributed by atoms with Gasteiger partial charge in [-0.1, -0.05) is 24.3 Å². The van der Waals surface area contributed by atoms with Crippen molar-refractivity contribution in [3.05, 3.63) is 35.4 Å². The minimum absolute atomic E-state index is 0. The fraction of sp³-hybridized carbons (Fsp3) is 0.111. The van der Waals surface area contributed by atoms with E-state index >= 15 is 0 Å². The molecule has 0 amide bonds. The first kappa shape index (κ1) is 12.4. The third-order valence-corrected chi connectivity index (χ3v) is 1.53. The summed E-state index contributed by atoms with van der Waals surface area (Å²) in [6.45, 7) is 1.42. The SMILES string of the molecule is CC(=O)c1ccc(C(=O)[O-])cc1.[Na+]. The van der Waals surface area contributed by atoms with Gasteiger partial charge in [-0.3, -0.25) is 4.79 Å². The normalized spacial score (nSPS) is 8.69. The predicted molar refractivity (Wildman–Crippen MR) is 40.8 cm³/mol. The molecule has 62 valence electrons. The third kappa shape index (κ3) is 3.30.